The number of anilines is 1. The van der Waals surface area contributed by atoms with Gasteiger partial charge in [-0.2, -0.15) is 0 Å². The molecule has 0 amide bonds. The maximum absolute atomic E-state index is 5.74. The second kappa shape index (κ2) is 8.43. The summed E-state index contributed by atoms with van der Waals surface area (Å²) < 4.78 is 5.74. The molecule has 0 bridgehead atoms. The molecule has 5 nitrogen and oxygen atoms in total. The Morgan fingerprint density at radius 1 is 1.08 bits per heavy atom. The van der Waals surface area contributed by atoms with E-state index in [-0.39, 0.29) is 5.92 Å². The fraction of sp³-hybridized carbons (Fsp3) is 0.286. The van der Waals surface area contributed by atoms with Crippen LogP contribution in [0.5, 0.6) is 5.75 Å². The van der Waals surface area contributed by atoms with Crippen molar-refractivity contribution in [2.24, 2.45) is 0 Å². The van der Waals surface area contributed by atoms with E-state index in [0.717, 1.165) is 35.1 Å². The predicted molar refractivity (Wildman–Crippen MR) is 105 cm³/mol. The van der Waals surface area contributed by atoms with Crippen LogP contribution >= 0.6 is 0 Å². The smallest absolute Gasteiger partial charge is 0.129 e. The van der Waals surface area contributed by atoms with Crippen LogP contribution in [0.2, 0.25) is 0 Å². The molecule has 3 rings (SSSR count). The maximum atomic E-state index is 5.74. The number of hydrogen-bond donors (Lipinski definition) is 1. The number of aryl methyl sites for hydroxylation is 1. The van der Waals surface area contributed by atoms with Gasteiger partial charge in [-0.3, -0.25) is 4.98 Å². The highest BCUT2D eigenvalue weighted by atomic mass is 16.5. The van der Waals surface area contributed by atoms with Crippen LogP contribution in [-0.4, -0.2) is 28.1 Å². The van der Waals surface area contributed by atoms with E-state index in [4.69, 9.17) is 4.74 Å². The molecular weight excluding hydrogens is 324 g/mol. The Hall–Kier alpha value is -2.95. The highest BCUT2D eigenvalue weighted by Crippen LogP contribution is 2.27. The van der Waals surface area contributed by atoms with Crippen LogP contribution in [0, 0.1) is 6.92 Å². The summed E-state index contributed by atoms with van der Waals surface area (Å²) in [6, 6.07) is 14.1. The Bertz CT molecular complexity index is 849. The zero-order chi connectivity index (χ0) is 18.4. The highest BCUT2D eigenvalue weighted by Gasteiger charge is 2.11. The normalized spacial score (nSPS) is 11.8. The lowest BCUT2D eigenvalue weighted by Crippen LogP contribution is -2.12. The summed E-state index contributed by atoms with van der Waals surface area (Å²) >= 11 is 0. The van der Waals surface area contributed by atoms with Crippen molar-refractivity contribution in [3.8, 4) is 17.0 Å². The van der Waals surface area contributed by atoms with Gasteiger partial charge in [-0.25, -0.2) is 9.97 Å². The SMILES string of the molecule is CCOc1ccccc1C(C)CNc1cc(-c2ccc(C)nc2)ncn1. The summed E-state index contributed by atoms with van der Waals surface area (Å²) in [6.07, 6.45) is 3.42. The van der Waals surface area contributed by atoms with Crippen LogP contribution < -0.4 is 10.1 Å². The summed E-state index contributed by atoms with van der Waals surface area (Å²) in [5, 5.41) is 3.41. The lowest BCUT2D eigenvalue weighted by Gasteiger charge is -2.17. The van der Waals surface area contributed by atoms with E-state index in [2.05, 4.69) is 33.3 Å². The lowest BCUT2D eigenvalue weighted by molar-refractivity contribution is 0.335. The fourth-order valence-electron chi connectivity index (χ4n) is 2.77. The Balaban J connectivity index is 1.70. The van der Waals surface area contributed by atoms with Crippen LogP contribution in [0.15, 0.2) is 55.0 Å². The average molecular weight is 348 g/mol. The summed E-state index contributed by atoms with van der Waals surface area (Å²) in [4.78, 5) is 13.0. The van der Waals surface area contributed by atoms with Gasteiger partial charge in [0.2, 0.25) is 0 Å². The largest absolute Gasteiger partial charge is 0.494 e. The molecule has 0 fully saturated rings. The maximum Gasteiger partial charge on any atom is 0.129 e. The lowest BCUT2D eigenvalue weighted by atomic mass is 10.00. The second-order valence-electron chi connectivity index (χ2n) is 6.23. The number of para-hydroxylation sites is 1. The molecule has 0 aliphatic rings. The third-order valence-corrected chi connectivity index (χ3v) is 4.21. The number of rotatable bonds is 7. The Kier molecular flexibility index (Phi) is 5.79. The first-order chi connectivity index (χ1) is 12.7. The fourth-order valence-corrected chi connectivity index (χ4v) is 2.77. The van der Waals surface area contributed by atoms with Gasteiger partial charge in [0.15, 0.2) is 0 Å². The molecule has 1 aromatic carbocycles. The van der Waals surface area contributed by atoms with Gasteiger partial charge < -0.3 is 10.1 Å². The minimum atomic E-state index is 0.289. The molecule has 1 unspecified atom stereocenters. The van der Waals surface area contributed by atoms with Crippen LogP contribution in [-0.2, 0) is 0 Å². The van der Waals surface area contributed by atoms with Crippen molar-refractivity contribution in [3.63, 3.8) is 0 Å². The van der Waals surface area contributed by atoms with Gasteiger partial charge in [-0.05, 0) is 37.6 Å². The number of ether oxygens (including phenoxy) is 1. The predicted octanol–water partition coefficient (Wildman–Crippen LogP) is 4.46. The van der Waals surface area contributed by atoms with Gasteiger partial charge in [0, 0.05) is 36.0 Å². The molecule has 2 heterocycles. The number of nitrogens with one attached hydrogen (secondary N) is 1. The van der Waals surface area contributed by atoms with Crippen molar-refractivity contribution in [2.45, 2.75) is 26.7 Å². The van der Waals surface area contributed by atoms with E-state index in [1.807, 2.05) is 56.4 Å². The quantitative estimate of drug-likeness (QED) is 0.683. The summed E-state index contributed by atoms with van der Waals surface area (Å²) in [5.74, 6) is 2.03. The summed E-state index contributed by atoms with van der Waals surface area (Å²) in [7, 11) is 0. The summed E-state index contributed by atoms with van der Waals surface area (Å²) in [6.45, 7) is 7.57. The zero-order valence-electron chi connectivity index (χ0n) is 15.4. The molecule has 0 radical (unpaired) electrons. The standard InChI is InChI=1S/C21H24N4O/c1-4-26-20-8-6-5-7-18(20)15(2)12-23-21-11-19(24-14-25-21)17-10-9-16(3)22-13-17/h5-11,13-15H,4,12H2,1-3H3,(H,23,24,25). The number of aromatic nitrogens is 3. The van der Waals surface area contributed by atoms with Crippen molar-refractivity contribution in [1.29, 1.82) is 0 Å². The molecular formula is C21H24N4O. The van der Waals surface area contributed by atoms with Crippen LogP contribution in [0.4, 0.5) is 5.82 Å². The Morgan fingerprint density at radius 3 is 2.69 bits per heavy atom. The third-order valence-electron chi connectivity index (χ3n) is 4.21. The van der Waals surface area contributed by atoms with Gasteiger partial charge in [0.05, 0.1) is 12.3 Å². The van der Waals surface area contributed by atoms with E-state index in [0.29, 0.717) is 6.61 Å². The van der Waals surface area contributed by atoms with E-state index >= 15 is 0 Å². The molecule has 134 valence electrons. The Morgan fingerprint density at radius 2 is 1.92 bits per heavy atom. The van der Waals surface area contributed by atoms with Gasteiger partial charge in [0.1, 0.15) is 17.9 Å². The van der Waals surface area contributed by atoms with E-state index in [1.54, 1.807) is 6.33 Å². The van der Waals surface area contributed by atoms with Gasteiger partial charge in [0.25, 0.3) is 0 Å². The molecule has 0 aliphatic heterocycles. The minimum Gasteiger partial charge on any atom is -0.494 e. The number of pyridine rings is 1. The molecule has 3 aromatic rings. The molecule has 26 heavy (non-hydrogen) atoms. The van der Waals surface area contributed by atoms with Crippen LogP contribution in [0.3, 0.4) is 0 Å². The van der Waals surface area contributed by atoms with Gasteiger partial charge in [-0.15, -0.1) is 0 Å². The first kappa shape index (κ1) is 17.9. The van der Waals surface area contributed by atoms with Crippen molar-refractivity contribution >= 4 is 5.82 Å². The first-order valence-electron chi connectivity index (χ1n) is 8.88. The van der Waals surface area contributed by atoms with Crippen molar-refractivity contribution < 1.29 is 4.74 Å². The van der Waals surface area contributed by atoms with Crippen LogP contribution in [0.1, 0.15) is 31.0 Å². The first-order valence-corrected chi connectivity index (χ1v) is 8.88. The topological polar surface area (TPSA) is 59.9 Å². The number of hydrogen-bond acceptors (Lipinski definition) is 5. The molecule has 0 saturated heterocycles. The third kappa shape index (κ3) is 4.36. The van der Waals surface area contributed by atoms with Gasteiger partial charge in [-0.1, -0.05) is 25.1 Å². The second-order valence-corrected chi connectivity index (χ2v) is 6.23. The van der Waals surface area contributed by atoms with Gasteiger partial charge >= 0.3 is 0 Å². The summed E-state index contributed by atoms with van der Waals surface area (Å²) in [5.41, 5.74) is 4.02. The van der Waals surface area contributed by atoms with E-state index in [9.17, 15) is 0 Å². The Labute approximate surface area is 154 Å². The molecule has 5 heteroatoms. The zero-order valence-corrected chi connectivity index (χ0v) is 15.4. The number of nitrogens with zero attached hydrogens (tertiary/aromatic N) is 3. The monoisotopic (exact) mass is 348 g/mol. The highest BCUT2D eigenvalue weighted by molar-refractivity contribution is 5.61. The van der Waals surface area contributed by atoms with Crippen molar-refractivity contribution in [2.75, 3.05) is 18.5 Å². The molecule has 0 saturated carbocycles. The molecule has 2 aromatic heterocycles. The molecule has 1 atom stereocenters. The molecule has 0 spiro atoms. The van der Waals surface area contributed by atoms with E-state index in [1.165, 1.54) is 5.56 Å². The van der Waals surface area contributed by atoms with Crippen molar-refractivity contribution in [1.82, 2.24) is 15.0 Å². The number of benzene rings is 1. The molecule has 0 aliphatic carbocycles. The van der Waals surface area contributed by atoms with Crippen LogP contribution in [0.25, 0.3) is 11.3 Å². The molecule has 1 N–H and O–H groups in total. The van der Waals surface area contributed by atoms with E-state index < -0.39 is 0 Å². The minimum absolute atomic E-state index is 0.289. The average Bonchev–Trinajstić information content (AvgIpc) is 2.68. The van der Waals surface area contributed by atoms with Crippen molar-refractivity contribution in [3.05, 3.63) is 66.2 Å².